The highest BCUT2D eigenvalue weighted by Gasteiger charge is 2.21. The Hall–Kier alpha value is -0.130. The highest BCUT2D eigenvalue weighted by Crippen LogP contribution is 2.15. The van der Waals surface area contributed by atoms with E-state index in [1.165, 1.54) is 6.26 Å². The number of rotatable bonds is 4. The van der Waals surface area contributed by atoms with Crippen LogP contribution in [0, 0.1) is 0 Å². The Morgan fingerprint density at radius 1 is 1.43 bits per heavy atom. The summed E-state index contributed by atoms with van der Waals surface area (Å²) in [6, 6.07) is 0.172. The summed E-state index contributed by atoms with van der Waals surface area (Å²) in [7, 11) is -2.88. The van der Waals surface area contributed by atoms with Crippen molar-refractivity contribution in [3.05, 3.63) is 0 Å². The predicted molar refractivity (Wildman–Crippen MR) is 56.0 cm³/mol. The fraction of sp³-hybridized carbons (Fsp3) is 1.00. The number of hydrogen-bond donors (Lipinski definition) is 1. The van der Waals surface area contributed by atoms with Crippen molar-refractivity contribution in [3.8, 4) is 0 Å². The minimum Gasteiger partial charge on any atom is -0.395 e. The fourth-order valence-electron chi connectivity index (χ4n) is 1.84. The van der Waals surface area contributed by atoms with Gasteiger partial charge in [-0.1, -0.05) is 6.42 Å². The third-order valence-corrected chi connectivity index (χ3v) is 3.63. The highest BCUT2D eigenvalue weighted by atomic mass is 32.2. The molecule has 0 bridgehead atoms. The van der Waals surface area contributed by atoms with E-state index in [4.69, 9.17) is 5.11 Å². The van der Waals surface area contributed by atoms with Crippen LogP contribution in [0.4, 0.5) is 0 Å². The molecule has 1 heterocycles. The molecule has 1 rings (SSSR count). The first-order valence-corrected chi connectivity index (χ1v) is 7.11. The van der Waals surface area contributed by atoms with Crippen molar-refractivity contribution in [1.82, 2.24) is 4.90 Å². The van der Waals surface area contributed by atoms with Gasteiger partial charge in [-0.25, -0.2) is 8.42 Å². The van der Waals surface area contributed by atoms with E-state index in [0.717, 1.165) is 25.8 Å². The van der Waals surface area contributed by atoms with Crippen LogP contribution in [-0.2, 0) is 9.84 Å². The average molecular weight is 221 g/mol. The van der Waals surface area contributed by atoms with E-state index in [1.54, 1.807) is 0 Å². The van der Waals surface area contributed by atoms with E-state index in [1.807, 2.05) is 0 Å². The minimum atomic E-state index is -2.88. The van der Waals surface area contributed by atoms with Crippen molar-refractivity contribution in [1.29, 1.82) is 0 Å². The summed E-state index contributed by atoms with van der Waals surface area (Å²) < 4.78 is 22.0. The first kappa shape index (κ1) is 11.9. The van der Waals surface area contributed by atoms with Gasteiger partial charge in [-0.3, -0.25) is 4.90 Å². The third-order valence-electron chi connectivity index (χ3n) is 2.71. The lowest BCUT2D eigenvalue weighted by Gasteiger charge is -2.34. The number of piperidine rings is 1. The lowest BCUT2D eigenvalue weighted by Crippen LogP contribution is -2.43. The molecule has 0 amide bonds. The summed E-state index contributed by atoms with van der Waals surface area (Å²) in [6.45, 7) is 1.62. The van der Waals surface area contributed by atoms with E-state index in [0.29, 0.717) is 6.54 Å². The van der Waals surface area contributed by atoms with Crippen molar-refractivity contribution < 1.29 is 13.5 Å². The Kier molecular flexibility index (Phi) is 4.34. The maximum absolute atomic E-state index is 11.0. The number of sulfone groups is 1. The lowest BCUT2D eigenvalue weighted by molar-refractivity contribution is 0.0959. The predicted octanol–water partition coefficient (Wildman–Crippen LogP) is -0.122. The Labute approximate surface area is 85.8 Å². The van der Waals surface area contributed by atoms with Crippen LogP contribution < -0.4 is 0 Å². The van der Waals surface area contributed by atoms with Crippen LogP contribution in [0.15, 0.2) is 0 Å². The fourth-order valence-corrected chi connectivity index (χ4v) is 2.41. The Morgan fingerprint density at radius 2 is 2.14 bits per heavy atom. The largest absolute Gasteiger partial charge is 0.395 e. The standard InChI is InChI=1S/C9H19NO3S/c1-14(12,13)7-6-10-5-3-2-4-9(10)8-11/h9,11H,2-8H2,1H3. The average Bonchev–Trinajstić information content (AvgIpc) is 2.14. The van der Waals surface area contributed by atoms with E-state index in [9.17, 15) is 8.42 Å². The van der Waals surface area contributed by atoms with E-state index < -0.39 is 9.84 Å². The summed E-state index contributed by atoms with van der Waals surface area (Å²) in [5, 5.41) is 9.10. The molecule has 0 aromatic carbocycles. The van der Waals surface area contributed by atoms with Gasteiger partial charge in [0, 0.05) is 18.8 Å². The van der Waals surface area contributed by atoms with E-state index >= 15 is 0 Å². The first-order valence-electron chi connectivity index (χ1n) is 5.05. The van der Waals surface area contributed by atoms with Crippen molar-refractivity contribution >= 4 is 9.84 Å². The van der Waals surface area contributed by atoms with Crippen LogP contribution in [0.2, 0.25) is 0 Å². The summed E-state index contributed by atoms with van der Waals surface area (Å²) in [5.74, 6) is 0.198. The smallest absolute Gasteiger partial charge is 0.148 e. The van der Waals surface area contributed by atoms with Crippen LogP contribution in [0.1, 0.15) is 19.3 Å². The molecular formula is C9H19NO3S. The Balaban J connectivity index is 2.41. The van der Waals surface area contributed by atoms with Gasteiger partial charge in [0.1, 0.15) is 9.84 Å². The molecule has 0 aliphatic carbocycles. The molecule has 14 heavy (non-hydrogen) atoms. The van der Waals surface area contributed by atoms with Gasteiger partial charge < -0.3 is 5.11 Å². The molecule has 0 aromatic heterocycles. The number of hydrogen-bond acceptors (Lipinski definition) is 4. The lowest BCUT2D eigenvalue weighted by atomic mass is 10.0. The molecule has 1 aliphatic heterocycles. The summed E-state index contributed by atoms with van der Waals surface area (Å²) in [5.41, 5.74) is 0. The zero-order valence-corrected chi connectivity index (χ0v) is 9.46. The quantitative estimate of drug-likeness (QED) is 0.719. The number of aliphatic hydroxyl groups is 1. The highest BCUT2D eigenvalue weighted by molar-refractivity contribution is 7.90. The first-order chi connectivity index (χ1) is 6.53. The van der Waals surface area contributed by atoms with Gasteiger partial charge in [0.25, 0.3) is 0 Å². The molecule has 1 atom stereocenters. The van der Waals surface area contributed by atoms with Crippen LogP contribution in [0.25, 0.3) is 0 Å². The van der Waals surface area contributed by atoms with Gasteiger partial charge in [-0.2, -0.15) is 0 Å². The number of nitrogens with zero attached hydrogens (tertiary/aromatic N) is 1. The molecule has 1 N–H and O–H groups in total. The van der Waals surface area contributed by atoms with Gasteiger partial charge in [-0.05, 0) is 19.4 Å². The van der Waals surface area contributed by atoms with Crippen molar-refractivity contribution in [2.75, 3.05) is 31.7 Å². The van der Waals surface area contributed by atoms with Gasteiger partial charge in [-0.15, -0.1) is 0 Å². The molecule has 0 aromatic rings. The van der Waals surface area contributed by atoms with Gasteiger partial charge in [0.05, 0.1) is 12.4 Å². The Morgan fingerprint density at radius 3 is 2.71 bits per heavy atom. The second-order valence-corrected chi connectivity index (χ2v) is 6.26. The molecule has 1 aliphatic rings. The topological polar surface area (TPSA) is 57.6 Å². The van der Waals surface area contributed by atoms with Crippen molar-refractivity contribution in [2.24, 2.45) is 0 Å². The molecule has 0 radical (unpaired) electrons. The van der Waals surface area contributed by atoms with Gasteiger partial charge in [0.2, 0.25) is 0 Å². The number of likely N-dealkylation sites (tertiary alicyclic amines) is 1. The van der Waals surface area contributed by atoms with Crippen LogP contribution >= 0.6 is 0 Å². The molecule has 4 nitrogen and oxygen atoms in total. The molecule has 1 saturated heterocycles. The molecule has 1 unspecified atom stereocenters. The SMILES string of the molecule is CS(=O)(=O)CCN1CCCCC1CO. The normalized spacial score (nSPS) is 25.1. The summed E-state index contributed by atoms with van der Waals surface area (Å²) in [4.78, 5) is 2.09. The second kappa shape index (κ2) is 5.09. The van der Waals surface area contributed by atoms with Gasteiger partial charge >= 0.3 is 0 Å². The van der Waals surface area contributed by atoms with Crippen molar-refractivity contribution in [2.45, 2.75) is 25.3 Å². The maximum atomic E-state index is 11.0. The van der Waals surface area contributed by atoms with E-state index in [-0.39, 0.29) is 18.4 Å². The summed E-state index contributed by atoms with van der Waals surface area (Å²) >= 11 is 0. The molecule has 5 heteroatoms. The summed E-state index contributed by atoms with van der Waals surface area (Å²) in [6.07, 6.45) is 4.49. The van der Waals surface area contributed by atoms with Crippen molar-refractivity contribution in [3.63, 3.8) is 0 Å². The van der Waals surface area contributed by atoms with Crippen LogP contribution in [0.3, 0.4) is 0 Å². The molecular weight excluding hydrogens is 202 g/mol. The Bertz CT molecular complexity index is 263. The second-order valence-electron chi connectivity index (χ2n) is 4.00. The third kappa shape index (κ3) is 3.94. The van der Waals surface area contributed by atoms with Crippen LogP contribution in [0.5, 0.6) is 0 Å². The molecule has 84 valence electrons. The van der Waals surface area contributed by atoms with E-state index in [2.05, 4.69) is 4.90 Å². The zero-order valence-electron chi connectivity index (χ0n) is 8.65. The molecule has 0 saturated carbocycles. The van der Waals surface area contributed by atoms with Crippen LogP contribution in [-0.4, -0.2) is 56.2 Å². The monoisotopic (exact) mass is 221 g/mol. The zero-order chi connectivity index (χ0) is 10.6. The molecule has 0 spiro atoms. The maximum Gasteiger partial charge on any atom is 0.148 e. The van der Waals surface area contributed by atoms with Gasteiger partial charge in [0.15, 0.2) is 0 Å². The molecule has 1 fully saturated rings. The number of aliphatic hydroxyl groups excluding tert-OH is 1. The minimum absolute atomic E-state index is 0.143.